The fourth-order valence-electron chi connectivity index (χ4n) is 9.07. The van der Waals surface area contributed by atoms with Gasteiger partial charge in [0.25, 0.3) is 11.8 Å². The van der Waals surface area contributed by atoms with Gasteiger partial charge in [-0.05, 0) is 109 Å². The number of hydrogen-bond acceptors (Lipinski definition) is 6. The van der Waals surface area contributed by atoms with Crippen molar-refractivity contribution < 1.29 is 34.2 Å². The van der Waals surface area contributed by atoms with Crippen molar-refractivity contribution in [3.8, 4) is 0 Å². The molecule has 4 aliphatic rings. The number of nitrogens with one attached hydrogen (secondary N) is 3. The lowest BCUT2D eigenvalue weighted by Crippen LogP contribution is -2.51. The molecular formula is C40H40N4O7. The van der Waals surface area contributed by atoms with E-state index in [9.17, 15) is 34.2 Å². The lowest BCUT2D eigenvalue weighted by Gasteiger charge is -2.56. The first-order valence-corrected chi connectivity index (χ1v) is 17.3. The molecular weight excluding hydrogens is 648 g/mol. The molecule has 0 unspecified atom stereocenters. The molecule has 7 N–H and O–H groups in total. The Balaban J connectivity index is 1.18. The maximum absolute atomic E-state index is 14.2. The SMILES string of the molecule is Nc1cccc2cc(C(=O)N[C@@H](Cc3ccccc3)C(=O)Nc3cc(C(=O)O)cc(C(=O)O)c3)c(C(=O)NCC34CC5CC(CC(C5)C3)C4)cc12. The number of carbonyl (C=O) groups excluding carboxylic acids is 3. The Kier molecular flexibility index (Phi) is 8.97. The van der Waals surface area contributed by atoms with Crippen LogP contribution in [0.2, 0.25) is 0 Å². The highest BCUT2D eigenvalue weighted by Crippen LogP contribution is 2.59. The molecule has 4 aliphatic carbocycles. The summed E-state index contributed by atoms with van der Waals surface area (Å²) in [7, 11) is 0. The van der Waals surface area contributed by atoms with Gasteiger partial charge in [-0.1, -0.05) is 42.5 Å². The van der Waals surface area contributed by atoms with Gasteiger partial charge in [0.2, 0.25) is 5.91 Å². The number of benzene rings is 4. The minimum atomic E-state index is -1.37. The summed E-state index contributed by atoms with van der Waals surface area (Å²) in [6.07, 6.45) is 7.22. The van der Waals surface area contributed by atoms with Crippen LogP contribution in [0.1, 0.15) is 85.5 Å². The van der Waals surface area contributed by atoms with E-state index in [-0.39, 0.29) is 39.8 Å². The number of hydrogen-bond donors (Lipinski definition) is 6. The Bertz CT molecular complexity index is 1990. The van der Waals surface area contributed by atoms with Crippen LogP contribution < -0.4 is 21.7 Å². The monoisotopic (exact) mass is 688 g/mol. The first kappa shape index (κ1) is 33.8. The molecule has 11 heteroatoms. The van der Waals surface area contributed by atoms with Crippen LogP contribution in [0.15, 0.2) is 78.9 Å². The Hall–Kier alpha value is -5.71. The van der Waals surface area contributed by atoms with Crippen LogP contribution in [-0.4, -0.2) is 52.5 Å². The Labute approximate surface area is 294 Å². The predicted molar refractivity (Wildman–Crippen MR) is 192 cm³/mol. The summed E-state index contributed by atoms with van der Waals surface area (Å²) in [6, 6.07) is 19.6. The molecule has 0 heterocycles. The summed E-state index contributed by atoms with van der Waals surface area (Å²) in [6.45, 7) is 0.533. The van der Waals surface area contributed by atoms with Crippen LogP contribution >= 0.6 is 0 Å². The number of aromatic carboxylic acids is 2. The molecule has 0 saturated heterocycles. The smallest absolute Gasteiger partial charge is 0.335 e. The van der Waals surface area contributed by atoms with E-state index in [1.807, 2.05) is 6.07 Å². The van der Waals surface area contributed by atoms with Crippen molar-refractivity contribution in [1.29, 1.82) is 0 Å². The fraction of sp³-hybridized carbons (Fsp3) is 0.325. The average molecular weight is 689 g/mol. The predicted octanol–water partition coefficient (Wildman–Crippen LogP) is 5.74. The second kappa shape index (κ2) is 13.5. The second-order valence-electron chi connectivity index (χ2n) is 14.7. The van der Waals surface area contributed by atoms with Crippen molar-refractivity contribution in [1.82, 2.24) is 10.6 Å². The lowest BCUT2D eigenvalue weighted by molar-refractivity contribution is -0.118. The summed E-state index contributed by atoms with van der Waals surface area (Å²) in [4.78, 5) is 65.4. The van der Waals surface area contributed by atoms with E-state index in [1.54, 1.807) is 54.6 Å². The van der Waals surface area contributed by atoms with Gasteiger partial charge in [-0.2, -0.15) is 0 Å². The van der Waals surface area contributed by atoms with E-state index in [0.717, 1.165) is 43.0 Å². The summed E-state index contributed by atoms with van der Waals surface area (Å²) in [5, 5.41) is 28.9. The lowest BCUT2D eigenvalue weighted by atomic mass is 9.49. The van der Waals surface area contributed by atoms with Crippen LogP contribution in [0.3, 0.4) is 0 Å². The topological polar surface area (TPSA) is 188 Å². The number of carbonyl (C=O) groups is 5. The summed E-state index contributed by atoms with van der Waals surface area (Å²) in [5.41, 5.74) is 7.06. The average Bonchev–Trinajstić information content (AvgIpc) is 3.09. The van der Waals surface area contributed by atoms with Gasteiger partial charge < -0.3 is 31.9 Å². The first-order valence-electron chi connectivity index (χ1n) is 17.3. The third-order valence-corrected chi connectivity index (χ3v) is 10.9. The molecule has 11 nitrogen and oxygen atoms in total. The van der Waals surface area contributed by atoms with Crippen molar-refractivity contribution in [2.45, 2.75) is 51.0 Å². The normalized spacial score (nSPS) is 22.2. The fourth-order valence-corrected chi connectivity index (χ4v) is 9.07. The first-order chi connectivity index (χ1) is 24.4. The standard InChI is InChI=1S/C40H40N4O7/c41-33-8-4-7-26-16-31(32(17-30(26)33)35(45)42-21-40-18-23-9-24(19-40)11-25(10-23)20-40)36(46)44-34(12-22-5-2-1-3-6-22)37(47)43-29-14-27(38(48)49)13-28(15-29)39(50)51/h1-8,13-17,23-25,34H,9-12,18-21,41H2,(H,42,45)(H,43,47)(H,44,46)(H,48,49)(H,50,51)/t23?,24?,25?,34-,40?/m0/s1. The van der Waals surface area contributed by atoms with E-state index in [1.165, 1.54) is 19.3 Å². The number of amides is 3. The van der Waals surface area contributed by atoms with Gasteiger partial charge in [0.1, 0.15) is 6.04 Å². The number of fused-ring (bicyclic) bond motifs is 1. The molecule has 4 aromatic carbocycles. The molecule has 262 valence electrons. The molecule has 51 heavy (non-hydrogen) atoms. The van der Waals surface area contributed by atoms with E-state index >= 15 is 0 Å². The van der Waals surface area contributed by atoms with Gasteiger partial charge >= 0.3 is 11.9 Å². The minimum Gasteiger partial charge on any atom is -0.478 e. The van der Waals surface area contributed by atoms with E-state index < -0.39 is 35.7 Å². The molecule has 0 aliphatic heterocycles. The zero-order valence-electron chi connectivity index (χ0n) is 28.0. The largest absolute Gasteiger partial charge is 0.478 e. The Morgan fingerprint density at radius 2 is 1.35 bits per heavy atom. The van der Waals surface area contributed by atoms with Gasteiger partial charge in [-0.3, -0.25) is 14.4 Å². The molecule has 4 saturated carbocycles. The van der Waals surface area contributed by atoms with Crippen molar-refractivity contribution in [2.75, 3.05) is 17.6 Å². The Morgan fingerprint density at radius 1 is 0.745 bits per heavy atom. The number of rotatable bonds is 11. The molecule has 4 bridgehead atoms. The Morgan fingerprint density at radius 3 is 1.96 bits per heavy atom. The summed E-state index contributed by atoms with van der Waals surface area (Å²) in [5.74, 6) is -2.36. The number of anilines is 2. The maximum atomic E-state index is 14.2. The van der Waals surface area contributed by atoms with E-state index in [0.29, 0.717) is 40.8 Å². The third kappa shape index (κ3) is 7.15. The number of nitrogen functional groups attached to an aromatic ring is 1. The summed E-state index contributed by atoms with van der Waals surface area (Å²) < 4.78 is 0. The van der Waals surface area contributed by atoms with Crippen LogP contribution in [0, 0.1) is 23.2 Å². The van der Waals surface area contributed by atoms with Crippen molar-refractivity contribution in [3.63, 3.8) is 0 Å². The molecule has 3 amide bonds. The van der Waals surface area contributed by atoms with Gasteiger partial charge in [0.15, 0.2) is 0 Å². The van der Waals surface area contributed by atoms with Crippen LogP contribution in [0.4, 0.5) is 11.4 Å². The van der Waals surface area contributed by atoms with Crippen molar-refractivity contribution in [3.05, 3.63) is 107 Å². The van der Waals surface area contributed by atoms with Gasteiger partial charge in [-0.15, -0.1) is 0 Å². The zero-order valence-corrected chi connectivity index (χ0v) is 28.0. The van der Waals surface area contributed by atoms with E-state index in [2.05, 4.69) is 16.0 Å². The quantitative estimate of drug-likeness (QED) is 0.108. The molecule has 0 radical (unpaired) electrons. The summed E-state index contributed by atoms with van der Waals surface area (Å²) >= 11 is 0. The molecule has 1 atom stereocenters. The number of carboxylic acid groups (broad SMARTS) is 2. The van der Waals surface area contributed by atoms with Crippen LogP contribution in [0.25, 0.3) is 10.8 Å². The third-order valence-electron chi connectivity index (χ3n) is 10.9. The molecule has 4 aromatic rings. The zero-order chi connectivity index (χ0) is 35.9. The van der Waals surface area contributed by atoms with Gasteiger partial charge in [0.05, 0.1) is 22.3 Å². The van der Waals surface area contributed by atoms with Crippen molar-refractivity contribution in [2.24, 2.45) is 23.2 Å². The molecule has 4 fully saturated rings. The second-order valence-corrected chi connectivity index (χ2v) is 14.7. The highest BCUT2D eigenvalue weighted by Gasteiger charge is 2.50. The van der Waals surface area contributed by atoms with E-state index in [4.69, 9.17) is 5.73 Å². The number of nitrogens with two attached hydrogens (primary N) is 1. The van der Waals surface area contributed by atoms with Gasteiger partial charge in [0, 0.05) is 29.7 Å². The molecule has 0 spiro atoms. The minimum absolute atomic E-state index is 0.0525. The maximum Gasteiger partial charge on any atom is 0.335 e. The van der Waals surface area contributed by atoms with Gasteiger partial charge in [-0.25, -0.2) is 9.59 Å². The highest BCUT2D eigenvalue weighted by atomic mass is 16.4. The van der Waals surface area contributed by atoms with Crippen molar-refractivity contribution >= 4 is 51.8 Å². The highest BCUT2D eigenvalue weighted by molar-refractivity contribution is 6.13. The number of carboxylic acids is 2. The van der Waals surface area contributed by atoms with Crippen LogP contribution in [0.5, 0.6) is 0 Å². The molecule has 0 aromatic heterocycles. The van der Waals surface area contributed by atoms with Crippen LogP contribution in [-0.2, 0) is 11.2 Å². The molecule has 8 rings (SSSR count).